The van der Waals surface area contributed by atoms with Crippen molar-refractivity contribution in [2.45, 2.75) is 32.0 Å². The van der Waals surface area contributed by atoms with Crippen molar-refractivity contribution < 1.29 is 17.9 Å². The predicted octanol–water partition coefficient (Wildman–Crippen LogP) is 4.23. The summed E-state index contributed by atoms with van der Waals surface area (Å²) >= 11 is 5.53. The van der Waals surface area contributed by atoms with Crippen LogP contribution in [0.15, 0.2) is 18.2 Å². The summed E-state index contributed by atoms with van der Waals surface area (Å²) in [6, 6.07) is 3.53. The summed E-state index contributed by atoms with van der Waals surface area (Å²) in [5, 5.41) is 0. The predicted molar refractivity (Wildman–Crippen MR) is 56.8 cm³/mol. The first-order valence-electron chi connectivity index (χ1n) is 4.76. The van der Waals surface area contributed by atoms with E-state index in [1.165, 1.54) is 6.07 Å². The Morgan fingerprint density at radius 2 is 1.88 bits per heavy atom. The molecular weight excluding hydrogens is 241 g/mol. The zero-order chi connectivity index (χ0) is 12.3. The molecule has 0 saturated carbocycles. The molecule has 0 unspecified atom stereocenters. The maximum absolute atomic E-state index is 12.5. The third-order valence-electron chi connectivity index (χ3n) is 1.82. The second-order valence-corrected chi connectivity index (χ2v) is 3.93. The Morgan fingerprint density at radius 3 is 2.31 bits per heavy atom. The number of hydrogen-bond acceptors (Lipinski definition) is 1. The molecule has 90 valence electrons. The summed E-state index contributed by atoms with van der Waals surface area (Å²) in [5.41, 5.74) is -0.339. The Balaban J connectivity index is 3.11. The number of benzene rings is 1. The molecule has 0 aromatic heterocycles. The number of hydrogen-bond donors (Lipinski definition) is 0. The lowest BCUT2D eigenvalue weighted by Gasteiger charge is -2.14. The Bertz CT molecular complexity index is 361. The Kier molecular flexibility index (Phi) is 4.08. The van der Waals surface area contributed by atoms with Crippen molar-refractivity contribution in [1.82, 2.24) is 0 Å². The lowest BCUT2D eigenvalue weighted by atomic mass is 10.1. The highest BCUT2D eigenvalue weighted by molar-refractivity contribution is 6.17. The second-order valence-electron chi connectivity index (χ2n) is 3.66. The van der Waals surface area contributed by atoms with E-state index in [0.717, 1.165) is 12.1 Å². The molecule has 1 nitrogen and oxygen atoms in total. The molecule has 0 radical (unpaired) electrons. The van der Waals surface area contributed by atoms with Crippen LogP contribution in [0.1, 0.15) is 25.0 Å². The van der Waals surface area contributed by atoms with Crippen LogP contribution in [-0.4, -0.2) is 6.10 Å². The van der Waals surface area contributed by atoms with Crippen LogP contribution in [0.5, 0.6) is 5.75 Å². The molecule has 0 fully saturated rings. The molecule has 0 saturated heterocycles. The minimum absolute atomic E-state index is 0.0262. The third-order valence-corrected chi connectivity index (χ3v) is 2.13. The van der Waals surface area contributed by atoms with Gasteiger partial charge in [0, 0.05) is 5.88 Å². The van der Waals surface area contributed by atoms with Gasteiger partial charge in [-0.3, -0.25) is 0 Å². The minimum atomic E-state index is -4.38. The highest BCUT2D eigenvalue weighted by atomic mass is 35.5. The van der Waals surface area contributed by atoms with E-state index < -0.39 is 11.7 Å². The van der Waals surface area contributed by atoms with Gasteiger partial charge < -0.3 is 4.74 Å². The van der Waals surface area contributed by atoms with E-state index >= 15 is 0 Å². The van der Waals surface area contributed by atoms with Gasteiger partial charge in [0.25, 0.3) is 0 Å². The second kappa shape index (κ2) is 4.95. The fraction of sp³-hybridized carbons (Fsp3) is 0.455. The lowest BCUT2D eigenvalue weighted by molar-refractivity contribution is -0.137. The van der Waals surface area contributed by atoms with Gasteiger partial charge in [0.15, 0.2) is 0 Å². The summed E-state index contributed by atoms with van der Waals surface area (Å²) in [6.07, 6.45) is -4.55. The van der Waals surface area contributed by atoms with Crippen LogP contribution >= 0.6 is 11.6 Å². The lowest BCUT2D eigenvalue weighted by Crippen LogP contribution is -2.09. The van der Waals surface area contributed by atoms with Crippen LogP contribution in [0, 0.1) is 0 Å². The van der Waals surface area contributed by atoms with E-state index in [4.69, 9.17) is 16.3 Å². The van der Waals surface area contributed by atoms with Crippen LogP contribution in [0.3, 0.4) is 0 Å². The zero-order valence-electron chi connectivity index (χ0n) is 8.94. The summed E-state index contributed by atoms with van der Waals surface area (Å²) in [7, 11) is 0. The molecule has 0 aliphatic rings. The largest absolute Gasteiger partial charge is 0.491 e. The molecule has 1 aromatic carbocycles. The smallest absolute Gasteiger partial charge is 0.416 e. The van der Waals surface area contributed by atoms with Crippen LogP contribution in [0.25, 0.3) is 0 Å². The van der Waals surface area contributed by atoms with Gasteiger partial charge in [-0.2, -0.15) is 13.2 Å². The van der Waals surface area contributed by atoms with Crippen LogP contribution in [-0.2, 0) is 12.1 Å². The molecule has 0 amide bonds. The quantitative estimate of drug-likeness (QED) is 0.732. The number of alkyl halides is 4. The van der Waals surface area contributed by atoms with Gasteiger partial charge in [-0.15, -0.1) is 11.6 Å². The van der Waals surface area contributed by atoms with Gasteiger partial charge >= 0.3 is 6.18 Å². The monoisotopic (exact) mass is 252 g/mol. The van der Waals surface area contributed by atoms with Gasteiger partial charge in [0.1, 0.15) is 5.75 Å². The van der Waals surface area contributed by atoms with Crippen LogP contribution in [0.4, 0.5) is 13.2 Å². The van der Waals surface area contributed by atoms with Crippen molar-refractivity contribution in [3.8, 4) is 5.75 Å². The molecular formula is C11H12ClF3O. The zero-order valence-corrected chi connectivity index (χ0v) is 9.69. The SMILES string of the molecule is CC(C)Oc1cc(CCl)cc(C(F)(F)F)c1. The summed E-state index contributed by atoms with van der Waals surface area (Å²) in [6.45, 7) is 3.50. The van der Waals surface area contributed by atoms with E-state index in [-0.39, 0.29) is 17.7 Å². The fourth-order valence-electron chi connectivity index (χ4n) is 1.24. The molecule has 0 aliphatic carbocycles. The van der Waals surface area contributed by atoms with Crippen molar-refractivity contribution in [2.75, 3.05) is 0 Å². The van der Waals surface area contributed by atoms with Gasteiger partial charge in [0.05, 0.1) is 11.7 Å². The highest BCUT2D eigenvalue weighted by Gasteiger charge is 2.31. The first kappa shape index (κ1) is 13.2. The van der Waals surface area contributed by atoms with Crippen molar-refractivity contribution >= 4 is 11.6 Å². The van der Waals surface area contributed by atoms with E-state index in [0.29, 0.717) is 5.56 Å². The number of rotatable bonds is 3. The van der Waals surface area contributed by atoms with E-state index in [1.54, 1.807) is 13.8 Å². The van der Waals surface area contributed by atoms with Gasteiger partial charge in [0.2, 0.25) is 0 Å². The molecule has 0 spiro atoms. The van der Waals surface area contributed by atoms with E-state index in [1.807, 2.05) is 0 Å². The third kappa shape index (κ3) is 3.59. The maximum Gasteiger partial charge on any atom is 0.416 e. The molecule has 0 N–H and O–H groups in total. The van der Waals surface area contributed by atoms with E-state index in [2.05, 4.69) is 0 Å². The molecule has 0 aliphatic heterocycles. The van der Waals surface area contributed by atoms with Gasteiger partial charge in [-0.1, -0.05) is 0 Å². The first-order chi connectivity index (χ1) is 7.32. The van der Waals surface area contributed by atoms with Gasteiger partial charge in [-0.25, -0.2) is 0 Å². The molecule has 0 heterocycles. The highest BCUT2D eigenvalue weighted by Crippen LogP contribution is 2.33. The molecule has 1 rings (SSSR count). The molecule has 0 bridgehead atoms. The van der Waals surface area contributed by atoms with Crippen LogP contribution in [0.2, 0.25) is 0 Å². The standard InChI is InChI=1S/C11H12ClF3O/c1-7(2)16-10-4-8(6-12)3-9(5-10)11(13,14)15/h3-5,7H,6H2,1-2H3. The average molecular weight is 253 g/mol. The van der Waals surface area contributed by atoms with Gasteiger partial charge in [-0.05, 0) is 37.6 Å². The molecule has 5 heteroatoms. The summed E-state index contributed by atoms with van der Waals surface area (Å²) in [4.78, 5) is 0. The summed E-state index contributed by atoms with van der Waals surface area (Å²) < 4.78 is 42.8. The van der Waals surface area contributed by atoms with E-state index in [9.17, 15) is 13.2 Å². The van der Waals surface area contributed by atoms with Crippen molar-refractivity contribution in [3.05, 3.63) is 29.3 Å². The van der Waals surface area contributed by atoms with Crippen molar-refractivity contribution in [3.63, 3.8) is 0 Å². The normalized spacial score (nSPS) is 11.9. The fourth-order valence-corrected chi connectivity index (χ4v) is 1.40. The van der Waals surface area contributed by atoms with Crippen molar-refractivity contribution in [2.24, 2.45) is 0 Å². The molecule has 1 aromatic rings. The minimum Gasteiger partial charge on any atom is -0.491 e. The molecule has 16 heavy (non-hydrogen) atoms. The van der Waals surface area contributed by atoms with Crippen LogP contribution < -0.4 is 4.74 Å². The number of ether oxygens (including phenoxy) is 1. The Morgan fingerprint density at radius 1 is 1.25 bits per heavy atom. The van der Waals surface area contributed by atoms with Crippen molar-refractivity contribution in [1.29, 1.82) is 0 Å². The topological polar surface area (TPSA) is 9.23 Å². The maximum atomic E-state index is 12.5. The molecule has 0 atom stereocenters. The number of halogens is 4. The Hall–Kier alpha value is -0.900. The first-order valence-corrected chi connectivity index (χ1v) is 5.30. The average Bonchev–Trinajstić information content (AvgIpc) is 2.14. The summed E-state index contributed by atoms with van der Waals surface area (Å²) in [5.74, 6) is 0.221. The Labute approximate surface area is 97.2 Å².